The molecule has 0 aromatic heterocycles. The molecular formula is C25H18F3N2NaO3S. The number of carbonyl (C=O) groups excluding carboxylic acids is 1. The number of nitrogens with one attached hydrogen (secondary N) is 1. The molecule has 3 aromatic carbocycles. The number of amidine groups is 1. The van der Waals surface area contributed by atoms with Crippen LogP contribution in [0.2, 0.25) is 0 Å². The van der Waals surface area contributed by atoms with Gasteiger partial charge in [-0.05, 0) is 23.3 Å². The van der Waals surface area contributed by atoms with Gasteiger partial charge in [-0.15, -0.1) is 0 Å². The first-order valence-corrected chi connectivity index (χ1v) is 12.2. The third-order valence-electron chi connectivity index (χ3n) is 4.68. The van der Waals surface area contributed by atoms with Crippen LogP contribution < -0.4 is 8.13 Å². The average Bonchev–Trinajstić information content (AvgIpc) is 3.13. The summed E-state index contributed by atoms with van der Waals surface area (Å²) in [6.07, 6.45) is -2.60. The maximum absolute atomic E-state index is 12.7. The van der Waals surface area contributed by atoms with Crippen LogP contribution in [-0.4, -0.2) is 50.1 Å². The number of alkyl halides is 3. The second-order valence-corrected chi connectivity index (χ2v) is 9.73. The predicted octanol–water partition coefficient (Wildman–Crippen LogP) is 5.34. The van der Waals surface area contributed by atoms with Gasteiger partial charge in [-0.2, -0.15) is 13.2 Å². The molecule has 10 heteroatoms. The summed E-state index contributed by atoms with van der Waals surface area (Å²) in [7, 11) is 0. The van der Waals surface area contributed by atoms with Crippen LogP contribution in [0.25, 0.3) is 17.2 Å². The van der Waals surface area contributed by atoms with Gasteiger partial charge in [0.2, 0.25) is 0 Å². The molecule has 0 saturated carbocycles. The van der Waals surface area contributed by atoms with Crippen molar-refractivity contribution in [2.45, 2.75) is 13.1 Å². The van der Waals surface area contributed by atoms with E-state index in [0.29, 0.717) is 15.6 Å². The Morgan fingerprint density at radius 1 is 0.971 bits per heavy atom. The van der Waals surface area contributed by atoms with Crippen LogP contribution in [0.4, 0.5) is 18.9 Å². The molecule has 35 heavy (non-hydrogen) atoms. The normalized spacial score (nSPS) is 14.3. The molecule has 2 N–H and O–H groups in total. The topological polar surface area (TPSA) is 78.8 Å². The number of amides is 1. The van der Waals surface area contributed by atoms with Gasteiger partial charge in [0.05, 0.1) is 5.56 Å². The van der Waals surface area contributed by atoms with Gasteiger partial charge in [0.1, 0.15) is 0 Å². The molecule has 0 bridgehead atoms. The molecule has 4 rings (SSSR count). The van der Waals surface area contributed by atoms with E-state index in [-0.39, 0.29) is 5.91 Å². The van der Waals surface area contributed by atoms with Crippen LogP contribution in [0.5, 0.6) is 0 Å². The van der Waals surface area contributed by atoms with Gasteiger partial charge < -0.3 is 5.11 Å². The first-order valence-electron chi connectivity index (χ1n) is 10.3. The molecule has 0 saturated heterocycles. The van der Waals surface area contributed by atoms with Crippen LogP contribution in [0, 0.1) is 0 Å². The molecule has 1 aliphatic rings. The van der Waals surface area contributed by atoms with Crippen molar-refractivity contribution in [1.82, 2.24) is 0 Å². The fraction of sp³-hybridized carbons (Fsp3) is 0.0800. The third kappa shape index (κ3) is 8.10. The summed E-state index contributed by atoms with van der Waals surface area (Å²) < 4.78 is 39.4. The van der Waals surface area contributed by atoms with E-state index >= 15 is 0 Å². The molecule has 174 valence electrons. The van der Waals surface area contributed by atoms with E-state index in [0.717, 1.165) is 63.8 Å². The Bertz CT molecular complexity index is 1270. The Labute approximate surface area is 221 Å². The molecule has 5 nitrogen and oxygen atoms in total. The Kier molecular flexibility index (Phi) is 8.96. The molecule has 1 heterocycles. The molecule has 0 atom stereocenters. The van der Waals surface area contributed by atoms with Gasteiger partial charge in [-0.1, -0.05) is 12.1 Å². The van der Waals surface area contributed by atoms with E-state index in [1.54, 1.807) is 6.08 Å². The van der Waals surface area contributed by atoms with E-state index < -0.39 is 17.7 Å². The number of thioether (sulfide) groups is 1. The zero-order chi connectivity index (χ0) is 25.6. The van der Waals surface area contributed by atoms with Crippen LogP contribution >= 0.6 is 11.8 Å². The summed E-state index contributed by atoms with van der Waals surface area (Å²) in [6.45, 7) is 1.08. The third-order valence-corrected chi connectivity index (χ3v) is 6.24. The Balaban J connectivity index is 0.000000795. The number of rotatable bonds is 3. The minimum absolute atomic E-state index is 0.307. The summed E-state index contributed by atoms with van der Waals surface area (Å²) in [5.41, 5.74) is 2.49. The molecule has 0 fully saturated rings. The van der Waals surface area contributed by atoms with E-state index in [4.69, 9.17) is 9.90 Å². The zero-order valence-electron chi connectivity index (χ0n) is 18.8. The number of aliphatic carboxylic acids is 1. The summed E-state index contributed by atoms with van der Waals surface area (Å²) in [6, 6.07) is 20.3. The molecule has 1 aliphatic heterocycles. The van der Waals surface area contributed by atoms with Gasteiger partial charge in [0.25, 0.3) is 5.97 Å². The van der Waals surface area contributed by atoms with Crippen LogP contribution in [-0.2, 0) is 15.8 Å². The average molecular weight is 506 g/mol. The van der Waals surface area contributed by atoms with Crippen molar-refractivity contribution in [2.24, 2.45) is 4.99 Å². The van der Waals surface area contributed by atoms with Crippen molar-refractivity contribution in [2.75, 3.05) is 5.32 Å². The number of anilines is 1. The Hall–Kier alpha value is -2.85. The van der Waals surface area contributed by atoms with Crippen LogP contribution in [0.3, 0.4) is 0 Å². The molecule has 1 amide bonds. The van der Waals surface area contributed by atoms with Gasteiger partial charge in [-0.3, -0.25) is 4.79 Å². The fourth-order valence-corrected chi connectivity index (χ4v) is 4.16. The SMILES string of the molecule is CC(=O)O.O=C1N=C(Nc2cc[c]([Na])cc2)SC1=Cc1ccc(-c2ccc(C(F)(F)F)cc2)cc1. The van der Waals surface area contributed by atoms with Gasteiger partial charge in [0.15, 0.2) is 0 Å². The standard InChI is InChI=1S/C23H14F3N2OS.C2H4O2.Na/c24-23(25,26)18-12-10-17(11-13-18)16-8-6-15(7-9-16)14-20-21(29)28-22(30-20)27-19-4-2-1-3-5-19;1-2(3)4;/h2-14H,(H,27,28,29);1H3,(H,3,4);. The number of carboxylic acids is 1. The number of halogens is 3. The van der Waals surface area contributed by atoms with Crippen molar-refractivity contribution >= 4 is 71.3 Å². The Morgan fingerprint density at radius 2 is 1.49 bits per heavy atom. The second-order valence-electron chi connectivity index (χ2n) is 7.54. The molecule has 0 spiro atoms. The van der Waals surface area contributed by atoms with E-state index in [9.17, 15) is 18.0 Å². The molecular weight excluding hydrogens is 488 g/mol. The molecule has 0 radical (unpaired) electrons. The number of benzene rings is 3. The monoisotopic (exact) mass is 506 g/mol. The number of nitrogens with zero attached hydrogens (tertiary/aromatic N) is 1. The van der Waals surface area contributed by atoms with E-state index in [1.807, 2.05) is 48.5 Å². The molecule has 0 aliphatic carbocycles. The quantitative estimate of drug-likeness (QED) is 0.371. The summed E-state index contributed by atoms with van der Waals surface area (Å²) >= 11 is 2.25. The summed E-state index contributed by atoms with van der Waals surface area (Å²) in [4.78, 5) is 25.8. The first-order chi connectivity index (χ1) is 16.5. The second kappa shape index (κ2) is 11.7. The number of aliphatic imine (C=N–C) groups is 1. The Morgan fingerprint density at radius 3 is 2.00 bits per heavy atom. The maximum atomic E-state index is 12.7. The number of hydrogen-bond acceptors (Lipinski definition) is 4. The van der Waals surface area contributed by atoms with Crippen LogP contribution in [0.15, 0.2) is 82.7 Å². The number of carboxylic acid groups (broad SMARTS) is 1. The number of hydrogen-bond donors (Lipinski definition) is 2. The summed E-state index contributed by atoms with van der Waals surface area (Å²) in [5.74, 6) is -1.14. The van der Waals surface area contributed by atoms with Gasteiger partial charge >= 0.3 is 146 Å². The summed E-state index contributed by atoms with van der Waals surface area (Å²) in [5, 5.41) is 11.1. The molecule has 3 aromatic rings. The van der Waals surface area contributed by atoms with Crippen molar-refractivity contribution in [3.8, 4) is 11.1 Å². The minimum atomic E-state index is -4.35. The van der Waals surface area contributed by atoms with E-state index in [1.165, 1.54) is 26.7 Å². The number of carbonyl (C=O) groups is 2. The predicted molar refractivity (Wildman–Crippen MR) is 134 cm³/mol. The zero-order valence-corrected chi connectivity index (χ0v) is 21.6. The van der Waals surface area contributed by atoms with E-state index in [2.05, 4.69) is 10.3 Å². The van der Waals surface area contributed by atoms with Crippen molar-refractivity contribution < 1.29 is 27.9 Å². The van der Waals surface area contributed by atoms with Crippen molar-refractivity contribution in [1.29, 1.82) is 0 Å². The fourth-order valence-electron chi connectivity index (χ4n) is 3.00. The van der Waals surface area contributed by atoms with Gasteiger partial charge in [0, 0.05) is 6.92 Å². The van der Waals surface area contributed by atoms with Crippen LogP contribution in [0.1, 0.15) is 18.1 Å². The van der Waals surface area contributed by atoms with Crippen molar-refractivity contribution in [3.63, 3.8) is 0 Å². The molecule has 0 unspecified atom stereocenters. The first kappa shape index (κ1) is 26.7. The van der Waals surface area contributed by atoms with Gasteiger partial charge in [-0.25, -0.2) is 0 Å². The van der Waals surface area contributed by atoms with Crippen molar-refractivity contribution in [3.05, 3.63) is 88.8 Å².